The first-order valence-electron chi connectivity index (χ1n) is 6.78. The van der Waals surface area contributed by atoms with Crippen molar-refractivity contribution in [1.82, 2.24) is 0 Å². The highest BCUT2D eigenvalue weighted by atomic mass is 16.5. The van der Waals surface area contributed by atoms with Gasteiger partial charge in [0, 0.05) is 11.6 Å². The fourth-order valence-corrected chi connectivity index (χ4v) is 2.56. The molecule has 3 aromatic rings. The second-order valence-electron chi connectivity index (χ2n) is 5.16. The number of hydrogen-bond acceptors (Lipinski definition) is 3. The molecule has 0 N–H and O–H groups in total. The molecule has 0 atom stereocenters. The summed E-state index contributed by atoms with van der Waals surface area (Å²) in [6.45, 7) is 3.92. The maximum atomic E-state index is 12.3. The largest absolute Gasteiger partial charge is 0.497 e. The van der Waals surface area contributed by atoms with Crippen LogP contribution in [-0.2, 0) is 0 Å². The highest BCUT2D eigenvalue weighted by molar-refractivity contribution is 5.82. The smallest absolute Gasteiger partial charge is 0.193 e. The van der Waals surface area contributed by atoms with Crippen molar-refractivity contribution in [3.63, 3.8) is 0 Å². The minimum Gasteiger partial charge on any atom is -0.497 e. The van der Waals surface area contributed by atoms with Crippen LogP contribution in [0.3, 0.4) is 0 Å². The Morgan fingerprint density at radius 3 is 2.38 bits per heavy atom. The topological polar surface area (TPSA) is 39.4 Å². The lowest BCUT2D eigenvalue weighted by molar-refractivity contribution is 0.415. The zero-order chi connectivity index (χ0) is 15.0. The van der Waals surface area contributed by atoms with E-state index in [2.05, 4.69) is 0 Å². The molecule has 0 aliphatic heterocycles. The summed E-state index contributed by atoms with van der Waals surface area (Å²) in [6.07, 6.45) is 0. The Morgan fingerprint density at radius 1 is 1.00 bits per heavy atom. The van der Waals surface area contributed by atoms with Crippen LogP contribution >= 0.6 is 0 Å². The molecular formula is C18H16O3. The summed E-state index contributed by atoms with van der Waals surface area (Å²) in [7, 11) is 1.62. The van der Waals surface area contributed by atoms with Crippen molar-refractivity contribution in [2.75, 3.05) is 7.11 Å². The van der Waals surface area contributed by atoms with E-state index in [-0.39, 0.29) is 5.43 Å². The van der Waals surface area contributed by atoms with Gasteiger partial charge in [-0.3, -0.25) is 4.79 Å². The van der Waals surface area contributed by atoms with E-state index in [4.69, 9.17) is 9.15 Å². The van der Waals surface area contributed by atoms with Crippen molar-refractivity contribution >= 4 is 11.0 Å². The van der Waals surface area contributed by atoms with E-state index >= 15 is 0 Å². The summed E-state index contributed by atoms with van der Waals surface area (Å²) in [5, 5.41) is 0.651. The van der Waals surface area contributed by atoms with Gasteiger partial charge in [-0.2, -0.15) is 0 Å². The molecule has 0 bridgehead atoms. The van der Waals surface area contributed by atoms with Crippen molar-refractivity contribution in [1.29, 1.82) is 0 Å². The molecule has 21 heavy (non-hydrogen) atoms. The molecule has 2 aromatic carbocycles. The molecule has 1 aromatic heterocycles. The first-order valence-corrected chi connectivity index (χ1v) is 6.78. The molecule has 3 nitrogen and oxygen atoms in total. The van der Waals surface area contributed by atoms with Crippen LogP contribution in [0, 0.1) is 13.8 Å². The molecule has 0 unspecified atom stereocenters. The maximum Gasteiger partial charge on any atom is 0.193 e. The molecule has 0 aliphatic carbocycles. The summed E-state index contributed by atoms with van der Waals surface area (Å²) >= 11 is 0. The number of rotatable bonds is 2. The third-order valence-corrected chi connectivity index (χ3v) is 3.55. The first-order chi connectivity index (χ1) is 10.1. The minimum atomic E-state index is -0.0143. The molecule has 3 rings (SSSR count). The van der Waals surface area contributed by atoms with Gasteiger partial charge in [-0.15, -0.1) is 0 Å². The van der Waals surface area contributed by atoms with Crippen LogP contribution in [-0.4, -0.2) is 7.11 Å². The molecule has 0 fully saturated rings. The third kappa shape index (κ3) is 2.42. The lowest BCUT2D eigenvalue weighted by atomic mass is 10.1. The van der Waals surface area contributed by atoms with Crippen LogP contribution in [0.5, 0.6) is 5.75 Å². The average Bonchev–Trinajstić information content (AvgIpc) is 2.46. The Hall–Kier alpha value is -2.55. The van der Waals surface area contributed by atoms with Gasteiger partial charge >= 0.3 is 0 Å². The third-order valence-electron chi connectivity index (χ3n) is 3.55. The van der Waals surface area contributed by atoms with E-state index < -0.39 is 0 Å². The number of aryl methyl sites for hydroxylation is 2. The standard InChI is InChI=1S/C18H16O3/c1-11-8-12(2)18-15(19)10-16(21-17(18)9-11)13-4-6-14(20-3)7-5-13/h4-10H,1-3H3. The van der Waals surface area contributed by atoms with E-state index in [1.165, 1.54) is 0 Å². The fourth-order valence-electron chi connectivity index (χ4n) is 2.56. The van der Waals surface area contributed by atoms with Gasteiger partial charge in [-0.25, -0.2) is 0 Å². The Morgan fingerprint density at radius 2 is 1.71 bits per heavy atom. The number of fused-ring (bicyclic) bond motifs is 1. The summed E-state index contributed by atoms with van der Waals surface area (Å²) < 4.78 is 11.1. The van der Waals surface area contributed by atoms with Crippen molar-refractivity contribution in [3.8, 4) is 17.1 Å². The lowest BCUT2D eigenvalue weighted by Gasteiger charge is -2.07. The molecule has 0 saturated carbocycles. The lowest BCUT2D eigenvalue weighted by Crippen LogP contribution is -2.02. The van der Waals surface area contributed by atoms with Crippen molar-refractivity contribution < 1.29 is 9.15 Å². The number of ether oxygens (including phenoxy) is 1. The molecule has 0 aliphatic rings. The summed E-state index contributed by atoms with van der Waals surface area (Å²) in [5.41, 5.74) is 3.49. The average molecular weight is 280 g/mol. The Labute approximate surface area is 122 Å². The maximum absolute atomic E-state index is 12.3. The zero-order valence-corrected chi connectivity index (χ0v) is 12.3. The van der Waals surface area contributed by atoms with Crippen LogP contribution in [0.4, 0.5) is 0 Å². The molecule has 0 saturated heterocycles. The fraction of sp³-hybridized carbons (Fsp3) is 0.167. The van der Waals surface area contributed by atoms with Crippen LogP contribution in [0.1, 0.15) is 11.1 Å². The molecule has 1 heterocycles. The minimum absolute atomic E-state index is 0.0143. The van der Waals surface area contributed by atoms with Gasteiger partial charge in [0.25, 0.3) is 0 Å². The van der Waals surface area contributed by atoms with Gasteiger partial charge in [0.15, 0.2) is 5.43 Å². The quantitative estimate of drug-likeness (QED) is 0.710. The predicted molar refractivity (Wildman–Crippen MR) is 83.9 cm³/mol. The van der Waals surface area contributed by atoms with Gasteiger partial charge in [0.05, 0.1) is 12.5 Å². The van der Waals surface area contributed by atoms with Crippen molar-refractivity contribution in [2.24, 2.45) is 0 Å². The van der Waals surface area contributed by atoms with E-state index in [0.29, 0.717) is 16.7 Å². The molecule has 0 spiro atoms. The Kier molecular flexibility index (Phi) is 3.26. The van der Waals surface area contributed by atoms with Crippen LogP contribution in [0.15, 0.2) is 51.7 Å². The molecule has 0 amide bonds. The summed E-state index contributed by atoms with van der Waals surface area (Å²) in [6, 6.07) is 12.9. The van der Waals surface area contributed by atoms with Crippen LogP contribution in [0.25, 0.3) is 22.3 Å². The summed E-state index contributed by atoms with van der Waals surface area (Å²) in [5.74, 6) is 1.34. The van der Waals surface area contributed by atoms with Crippen LogP contribution in [0.2, 0.25) is 0 Å². The Balaban J connectivity index is 2.22. The monoisotopic (exact) mass is 280 g/mol. The second kappa shape index (κ2) is 5.09. The SMILES string of the molecule is COc1ccc(-c2cc(=O)c3c(C)cc(C)cc3o2)cc1. The van der Waals surface area contributed by atoms with Gasteiger partial charge < -0.3 is 9.15 Å². The van der Waals surface area contributed by atoms with Gasteiger partial charge in [0.1, 0.15) is 17.1 Å². The van der Waals surface area contributed by atoms with Gasteiger partial charge in [-0.1, -0.05) is 6.07 Å². The zero-order valence-electron chi connectivity index (χ0n) is 12.3. The highest BCUT2D eigenvalue weighted by Gasteiger charge is 2.09. The number of benzene rings is 2. The Bertz CT molecular complexity index is 858. The molecule has 3 heteroatoms. The molecule has 106 valence electrons. The van der Waals surface area contributed by atoms with Gasteiger partial charge in [-0.05, 0) is 55.3 Å². The number of hydrogen-bond donors (Lipinski definition) is 0. The van der Waals surface area contributed by atoms with Crippen LogP contribution < -0.4 is 10.2 Å². The number of methoxy groups -OCH3 is 1. The highest BCUT2D eigenvalue weighted by Crippen LogP contribution is 2.26. The second-order valence-corrected chi connectivity index (χ2v) is 5.16. The van der Waals surface area contributed by atoms with Gasteiger partial charge in [0.2, 0.25) is 0 Å². The van der Waals surface area contributed by atoms with E-state index in [1.807, 2.05) is 50.2 Å². The summed E-state index contributed by atoms with van der Waals surface area (Å²) in [4.78, 5) is 12.3. The first kappa shape index (κ1) is 13.4. The van der Waals surface area contributed by atoms with Crippen molar-refractivity contribution in [2.45, 2.75) is 13.8 Å². The van der Waals surface area contributed by atoms with E-state index in [1.54, 1.807) is 13.2 Å². The molecule has 0 radical (unpaired) electrons. The van der Waals surface area contributed by atoms with E-state index in [9.17, 15) is 4.79 Å². The molecular weight excluding hydrogens is 264 g/mol. The normalized spacial score (nSPS) is 10.8. The van der Waals surface area contributed by atoms with Crippen molar-refractivity contribution in [3.05, 3.63) is 63.8 Å². The van der Waals surface area contributed by atoms with E-state index in [0.717, 1.165) is 22.4 Å². The predicted octanol–water partition coefficient (Wildman–Crippen LogP) is 4.09.